The molecule has 0 heterocycles. The number of esters is 1. The van der Waals surface area contributed by atoms with E-state index in [0.29, 0.717) is 22.6 Å². The van der Waals surface area contributed by atoms with Gasteiger partial charge >= 0.3 is 5.97 Å². The molecule has 0 spiro atoms. The lowest BCUT2D eigenvalue weighted by Gasteiger charge is -2.08. The molecule has 0 saturated carbocycles. The Morgan fingerprint density at radius 1 is 1.26 bits per heavy atom. The Balaban J connectivity index is 2.23. The van der Waals surface area contributed by atoms with Gasteiger partial charge in [-0.25, -0.2) is 0 Å². The fourth-order valence-electron chi connectivity index (χ4n) is 2.24. The Morgan fingerprint density at radius 2 is 2.00 bits per heavy atom. The van der Waals surface area contributed by atoms with E-state index in [9.17, 15) is 25.0 Å². The van der Waals surface area contributed by atoms with E-state index in [1.54, 1.807) is 25.1 Å². The van der Waals surface area contributed by atoms with Gasteiger partial charge in [0.25, 0.3) is 11.6 Å². The van der Waals surface area contributed by atoms with E-state index in [1.807, 2.05) is 6.07 Å². The van der Waals surface area contributed by atoms with E-state index < -0.39 is 16.8 Å². The minimum absolute atomic E-state index is 0.0937. The Morgan fingerprint density at radius 3 is 2.59 bits per heavy atom. The average Bonchev–Trinajstić information content (AvgIpc) is 2.60. The van der Waals surface area contributed by atoms with Gasteiger partial charge in [0.2, 0.25) is 0 Å². The molecule has 0 aliphatic rings. The molecule has 0 aromatic heterocycles. The van der Waals surface area contributed by atoms with Crippen LogP contribution in [-0.4, -0.2) is 16.8 Å². The molecule has 0 unspecified atom stereocenters. The number of anilines is 1. The van der Waals surface area contributed by atoms with Crippen molar-refractivity contribution in [2.24, 2.45) is 0 Å². The summed E-state index contributed by atoms with van der Waals surface area (Å²) in [5.41, 5.74) is 1.09. The second-order valence-electron chi connectivity index (χ2n) is 5.55. The highest BCUT2D eigenvalue weighted by atomic mass is 16.6. The highest BCUT2D eigenvalue weighted by Gasteiger charge is 2.13. The summed E-state index contributed by atoms with van der Waals surface area (Å²) in [5.74, 6) is -0.851. The largest absolute Gasteiger partial charge is 0.427 e. The smallest absolute Gasteiger partial charge is 0.308 e. The first kappa shape index (κ1) is 19.3. The third kappa shape index (κ3) is 5.24. The Labute approximate surface area is 154 Å². The van der Waals surface area contributed by atoms with Gasteiger partial charge in [-0.05, 0) is 42.3 Å². The molecule has 0 radical (unpaired) electrons. The monoisotopic (exact) mass is 365 g/mol. The van der Waals surface area contributed by atoms with Gasteiger partial charge in [-0.2, -0.15) is 5.26 Å². The summed E-state index contributed by atoms with van der Waals surface area (Å²) in [6.45, 7) is 2.88. The Bertz CT molecular complexity index is 989. The number of rotatable bonds is 5. The number of hydrogen-bond acceptors (Lipinski definition) is 6. The van der Waals surface area contributed by atoms with Crippen molar-refractivity contribution in [2.75, 3.05) is 5.32 Å². The van der Waals surface area contributed by atoms with Crippen molar-refractivity contribution in [3.63, 3.8) is 0 Å². The average molecular weight is 365 g/mol. The summed E-state index contributed by atoms with van der Waals surface area (Å²) in [5, 5.41) is 22.6. The van der Waals surface area contributed by atoms with Gasteiger partial charge in [-0.15, -0.1) is 0 Å². The minimum Gasteiger partial charge on any atom is -0.427 e. The molecule has 0 aliphatic heterocycles. The van der Waals surface area contributed by atoms with Crippen LogP contribution in [0.1, 0.15) is 18.1 Å². The van der Waals surface area contributed by atoms with Gasteiger partial charge in [-0.3, -0.25) is 19.7 Å². The van der Waals surface area contributed by atoms with E-state index in [4.69, 9.17) is 4.74 Å². The number of carbonyl (C=O) groups excluding carboxylic acids is 2. The van der Waals surface area contributed by atoms with Crippen molar-refractivity contribution in [1.82, 2.24) is 0 Å². The number of benzene rings is 2. The standard InChI is InChI=1S/C19H15N3O5/c1-12-8-16(22(25)26)6-7-18(12)21-19(24)15(11-20)9-14-4-3-5-17(10-14)27-13(2)23/h3-10H,1-2H3,(H,21,24)/b15-9+. The van der Waals surface area contributed by atoms with Gasteiger partial charge in [0.15, 0.2) is 0 Å². The highest BCUT2D eigenvalue weighted by molar-refractivity contribution is 6.10. The summed E-state index contributed by atoms with van der Waals surface area (Å²) in [4.78, 5) is 33.6. The SMILES string of the molecule is CC(=O)Oc1cccc(/C=C(\C#N)C(=O)Nc2ccc([N+](=O)[O-])cc2C)c1. The van der Waals surface area contributed by atoms with E-state index in [2.05, 4.69) is 5.32 Å². The number of nitro groups is 1. The number of carbonyl (C=O) groups is 2. The first-order valence-corrected chi connectivity index (χ1v) is 7.77. The number of nitrogens with one attached hydrogen (secondary N) is 1. The van der Waals surface area contributed by atoms with Crippen molar-refractivity contribution >= 4 is 29.3 Å². The van der Waals surface area contributed by atoms with Crippen LogP contribution in [0.5, 0.6) is 5.75 Å². The first-order chi connectivity index (χ1) is 12.8. The maximum Gasteiger partial charge on any atom is 0.308 e. The molecule has 0 saturated heterocycles. The molecule has 2 aromatic carbocycles. The van der Waals surface area contributed by atoms with Crippen LogP contribution in [0.4, 0.5) is 11.4 Å². The van der Waals surface area contributed by atoms with Gasteiger partial charge in [-0.1, -0.05) is 12.1 Å². The number of amides is 1. The molecule has 2 aromatic rings. The Hall–Kier alpha value is -3.99. The molecule has 1 N–H and O–H groups in total. The van der Waals surface area contributed by atoms with Gasteiger partial charge in [0.05, 0.1) is 4.92 Å². The molecule has 0 bridgehead atoms. The molecular formula is C19H15N3O5. The predicted molar refractivity (Wildman–Crippen MR) is 97.8 cm³/mol. The molecule has 0 aliphatic carbocycles. The zero-order valence-corrected chi connectivity index (χ0v) is 14.6. The summed E-state index contributed by atoms with van der Waals surface area (Å²) in [6, 6.07) is 12.2. The van der Waals surface area contributed by atoms with Crippen LogP contribution in [0.2, 0.25) is 0 Å². The summed E-state index contributed by atoms with van der Waals surface area (Å²) >= 11 is 0. The summed E-state index contributed by atoms with van der Waals surface area (Å²) in [7, 11) is 0. The quantitative estimate of drug-likeness (QED) is 0.216. The van der Waals surface area contributed by atoms with Crippen LogP contribution in [0.25, 0.3) is 6.08 Å². The van der Waals surface area contributed by atoms with Crippen molar-refractivity contribution in [1.29, 1.82) is 5.26 Å². The zero-order chi connectivity index (χ0) is 20.0. The second kappa shape index (κ2) is 8.40. The fraction of sp³-hybridized carbons (Fsp3) is 0.105. The number of hydrogen-bond donors (Lipinski definition) is 1. The molecule has 136 valence electrons. The third-order valence-corrected chi connectivity index (χ3v) is 3.46. The van der Waals surface area contributed by atoms with E-state index >= 15 is 0 Å². The molecular weight excluding hydrogens is 350 g/mol. The normalized spacial score (nSPS) is 10.6. The van der Waals surface area contributed by atoms with Crippen LogP contribution in [-0.2, 0) is 9.59 Å². The van der Waals surface area contributed by atoms with Crippen LogP contribution >= 0.6 is 0 Å². The van der Waals surface area contributed by atoms with Crippen molar-refractivity contribution < 1.29 is 19.2 Å². The molecule has 1 amide bonds. The van der Waals surface area contributed by atoms with Gasteiger partial charge in [0, 0.05) is 24.7 Å². The maximum atomic E-state index is 12.4. The van der Waals surface area contributed by atoms with Gasteiger partial charge in [0.1, 0.15) is 17.4 Å². The predicted octanol–water partition coefficient (Wildman–Crippen LogP) is 3.37. The van der Waals surface area contributed by atoms with Crippen LogP contribution in [0.15, 0.2) is 48.0 Å². The van der Waals surface area contributed by atoms with Crippen molar-refractivity contribution in [2.45, 2.75) is 13.8 Å². The van der Waals surface area contributed by atoms with E-state index in [-0.39, 0.29) is 11.3 Å². The molecule has 8 nitrogen and oxygen atoms in total. The van der Waals surface area contributed by atoms with E-state index in [0.717, 1.165) is 0 Å². The van der Waals surface area contributed by atoms with E-state index in [1.165, 1.54) is 37.3 Å². The summed E-state index contributed by atoms with van der Waals surface area (Å²) in [6.07, 6.45) is 1.35. The van der Waals surface area contributed by atoms with Crippen LogP contribution in [0, 0.1) is 28.4 Å². The first-order valence-electron chi connectivity index (χ1n) is 7.77. The van der Waals surface area contributed by atoms with Crippen molar-refractivity contribution in [3.05, 3.63) is 69.3 Å². The van der Waals surface area contributed by atoms with Crippen LogP contribution in [0.3, 0.4) is 0 Å². The zero-order valence-electron chi connectivity index (χ0n) is 14.6. The number of ether oxygens (including phenoxy) is 1. The number of nitrogens with zero attached hydrogens (tertiary/aromatic N) is 2. The Kier molecular flexibility index (Phi) is 6.02. The molecule has 0 fully saturated rings. The third-order valence-electron chi connectivity index (χ3n) is 3.46. The number of nitro benzene ring substituents is 1. The molecule has 2 rings (SSSR count). The fourth-order valence-corrected chi connectivity index (χ4v) is 2.24. The summed E-state index contributed by atoms with van der Waals surface area (Å²) < 4.78 is 4.97. The highest BCUT2D eigenvalue weighted by Crippen LogP contribution is 2.22. The number of nitriles is 1. The lowest BCUT2D eigenvalue weighted by molar-refractivity contribution is -0.384. The minimum atomic E-state index is -0.660. The molecule has 0 atom stereocenters. The number of non-ortho nitro benzene ring substituents is 1. The second-order valence-corrected chi connectivity index (χ2v) is 5.55. The lowest BCUT2D eigenvalue weighted by atomic mass is 10.1. The van der Waals surface area contributed by atoms with Crippen molar-refractivity contribution in [3.8, 4) is 11.8 Å². The topological polar surface area (TPSA) is 122 Å². The lowest BCUT2D eigenvalue weighted by Crippen LogP contribution is -2.14. The number of aryl methyl sites for hydroxylation is 1. The maximum absolute atomic E-state index is 12.4. The molecule has 27 heavy (non-hydrogen) atoms. The van der Waals surface area contributed by atoms with Crippen LogP contribution < -0.4 is 10.1 Å². The van der Waals surface area contributed by atoms with Gasteiger partial charge < -0.3 is 10.1 Å². The molecule has 8 heteroatoms.